The fourth-order valence-electron chi connectivity index (χ4n) is 0.888. The highest BCUT2D eigenvalue weighted by Gasteiger charge is 2.19. The van der Waals surface area contributed by atoms with Gasteiger partial charge in [-0.1, -0.05) is 0 Å². The second-order valence-electron chi connectivity index (χ2n) is 2.77. The van der Waals surface area contributed by atoms with Crippen LogP contribution in [0.4, 0.5) is 0 Å². The Kier molecular flexibility index (Phi) is 3.59. The molecule has 12 heavy (non-hydrogen) atoms. The molecular formula is C8H14N2OS. The van der Waals surface area contributed by atoms with Crippen molar-refractivity contribution in [3.63, 3.8) is 0 Å². The smallest absolute Gasteiger partial charge is 0.232 e. The lowest BCUT2D eigenvalue weighted by molar-refractivity contribution is -0.131. The number of nitrogens with zero attached hydrogens (tertiary/aromatic N) is 2. The summed E-state index contributed by atoms with van der Waals surface area (Å²) in [6, 6.07) is 0. The van der Waals surface area contributed by atoms with E-state index in [1.54, 1.807) is 7.05 Å². The van der Waals surface area contributed by atoms with E-state index in [2.05, 4.69) is 4.99 Å². The molecule has 1 aliphatic rings. The van der Waals surface area contributed by atoms with Gasteiger partial charge in [-0.3, -0.25) is 9.79 Å². The van der Waals surface area contributed by atoms with Crippen LogP contribution in [0.1, 0.15) is 13.3 Å². The zero-order valence-electron chi connectivity index (χ0n) is 7.54. The average Bonchev–Trinajstić information content (AvgIpc) is 1.97. The molecule has 0 unspecified atom stereocenters. The normalized spacial score (nSPS) is 17.5. The minimum Gasteiger partial charge on any atom is -0.342 e. The molecule has 1 heterocycles. The van der Waals surface area contributed by atoms with E-state index < -0.39 is 0 Å². The Bertz CT molecular complexity index is 199. The molecule has 1 aliphatic heterocycles. The number of hydrogen-bond donors (Lipinski definition) is 0. The van der Waals surface area contributed by atoms with E-state index in [0.717, 1.165) is 24.6 Å². The fraction of sp³-hybridized carbons (Fsp3) is 0.750. The van der Waals surface area contributed by atoms with Gasteiger partial charge < -0.3 is 4.90 Å². The molecular weight excluding hydrogens is 172 g/mol. The molecule has 3 nitrogen and oxygen atoms in total. The zero-order chi connectivity index (χ0) is 8.97. The number of amides is 1. The Hall–Kier alpha value is -0.510. The monoisotopic (exact) mass is 186 g/mol. The number of aliphatic imine (C=N–C) groups is 1. The molecule has 0 atom stereocenters. The van der Waals surface area contributed by atoms with Crippen LogP contribution in [-0.2, 0) is 4.79 Å². The van der Waals surface area contributed by atoms with E-state index in [1.165, 1.54) is 11.8 Å². The first kappa shape index (κ1) is 9.58. The second-order valence-corrected chi connectivity index (χ2v) is 3.93. The van der Waals surface area contributed by atoms with Crippen molar-refractivity contribution in [2.75, 3.05) is 25.9 Å². The highest BCUT2D eigenvalue weighted by Crippen LogP contribution is 2.10. The van der Waals surface area contributed by atoms with Gasteiger partial charge in [0.2, 0.25) is 5.91 Å². The van der Waals surface area contributed by atoms with Crippen molar-refractivity contribution in [2.24, 2.45) is 4.99 Å². The molecule has 0 bridgehead atoms. The molecule has 0 spiro atoms. The largest absolute Gasteiger partial charge is 0.342 e. The predicted molar refractivity (Wildman–Crippen MR) is 52.7 cm³/mol. The predicted octanol–water partition coefficient (Wildman–Crippen LogP) is 1.00. The molecule has 68 valence electrons. The molecule has 4 heteroatoms. The average molecular weight is 186 g/mol. The van der Waals surface area contributed by atoms with Crippen LogP contribution >= 0.6 is 11.8 Å². The van der Waals surface area contributed by atoms with Gasteiger partial charge in [-0.15, -0.1) is 11.8 Å². The third kappa shape index (κ3) is 2.52. The molecule has 0 aromatic carbocycles. The topological polar surface area (TPSA) is 32.7 Å². The minimum absolute atomic E-state index is 0.245. The maximum atomic E-state index is 11.3. The molecule has 0 aromatic rings. The van der Waals surface area contributed by atoms with Crippen LogP contribution in [0.15, 0.2) is 4.99 Å². The van der Waals surface area contributed by atoms with E-state index in [9.17, 15) is 4.79 Å². The van der Waals surface area contributed by atoms with Crippen LogP contribution in [0.5, 0.6) is 0 Å². The van der Waals surface area contributed by atoms with Gasteiger partial charge in [0.05, 0.1) is 10.8 Å². The number of carbonyl (C=O) groups excluding carboxylic acids is 1. The number of thioether (sulfide) groups is 1. The van der Waals surface area contributed by atoms with Crippen molar-refractivity contribution in [3.8, 4) is 0 Å². The zero-order valence-corrected chi connectivity index (χ0v) is 8.36. The van der Waals surface area contributed by atoms with E-state index in [4.69, 9.17) is 0 Å². The maximum Gasteiger partial charge on any atom is 0.232 e. The summed E-state index contributed by atoms with van der Waals surface area (Å²) in [7, 11) is 1.75. The van der Waals surface area contributed by atoms with Crippen molar-refractivity contribution < 1.29 is 4.79 Å². The van der Waals surface area contributed by atoms with E-state index in [0.29, 0.717) is 5.75 Å². The van der Waals surface area contributed by atoms with Crippen LogP contribution in [0.25, 0.3) is 0 Å². The third-order valence-electron chi connectivity index (χ3n) is 1.93. The Morgan fingerprint density at radius 2 is 2.25 bits per heavy atom. The van der Waals surface area contributed by atoms with Gasteiger partial charge in [0.25, 0.3) is 0 Å². The first-order chi connectivity index (χ1) is 5.74. The Balaban J connectivity index is 2.18. The van der Waals surface area contributed by atoms with Gasteiger partial charge in [-0.2, -0.15) is 0 Å². The summed E-state index contributed by atoms with van der Waals surface area (Å²) in [5.41, 5.74) is 0. The Labute approximate surface area is 77.2 Å². The van der Waals surface area contributed by atoms with Gasteiger partial charge in [-0.05, 0) is 13.3 Å². The maximum absolute atomic E-state index is 11.3. The summed E-state index contributed by atoms with van der Waals surface area (Å²) >= 11 is 1.52. The van der Waals surface area contributed by atoms with Crippen LogP contribution in [0, 0.1) is 0 Å². The number of rotatable bonds is 2. The van der Waals surface area contributed by atoms with Crippen molar-refractivity contribution in [1.82, 2.24) is 4.90 Å². The molecule has 1 amide bonds. The third-order valence-corrected chi connectivity index (χ3v) is 2.92. The number of likely N-dealkylation sites (tertiary alicyclic amines) is 1. The van der Waals surface area contributed by atoms with Crippen molar-refractivity contribution >= 4 is 22.7 Å². The van der Waals surface area contributed by atoms with Crippen molar-refractivity contribution in [3.05, 3.63) is 0 Å². The summed E-state index contributed by atoms with van der Waals surface area (Å²) in [6.07, 6.45) is 1.16. The summed E-state index contributed by atoms with van der Waals surface area (Å²) in [5, 5.41) is 0.976. The summed E-state index contributed by atoms with van der Waals surface area (Å²) in [4.78, 5) is 17.2. The second kappa shape index (κ2) is 4.50. The summed E-state index contributed by atoms with van der Waals surface area (Å²) < 4.78 is 0. The Morgan fingerprint density at radius 1 is 1.58 bits per heavy atom. The molecule has 0 N–H and O–H groups in total. The SMILES string of the molecule is CN=C(C)SCC(=O)N1CCC1. The lowest BCUT2D eigenvalue weighted by Crippen LogP contribution is -2.43. The van der Waals surface area contributed by atoms with Crippen molar-refractivity contribution in [2.45, 2.75) is 13.3 Å². The van der Waals surface area contributed by atoms with Crippen LogP contribution < -0.4 is 0 Å². The van der Waals surface area contributed by atoms with E-state index in [1.807, 2.05) is 11.8 Å². The van der Waals surface area contributed by atoms with Gasteiger partial charge in [0.15, 0.2) is 0 Å². The van der Waals surface area contributed by atoms with Crippen LogP contribution in [-0.4, -0.2) is 41.7 Å². The van der Waals surface area contributed by atoms with E-state index in [-0.39, 0.29) is 5.91 Å². The van der Waals surface area contributed by atoms with Gasteiger partial charge >= 0.3 is 0 Å². The number of hydrogen-bond acceptors (Lipinski definition) is 3. The minimum atomic E-state index is 0.245. The highest BCUT2D eigenvalue weighted by atomic mass is 32.2. The highest BCUT2D eigenvalue weighted by molar-refractivity contribution is 8.14. The molecule has 0 aromatic heterocycles. The van der Waals surface area contributed by atoms with Crippen LogP contribution in [0.3, 0.4) is 0 Å². The van der Waals surface area contributed by atoms with Crippen molar-refractivity contribution in [1.29, 1.82) is 0 Å². The molecule has 0 saturated carbocycles. The lowest BCUT2D eigenvalue weighted by Gasteiger charge is -2.30. The quantitative estimate of drug-likeness (QED) is 0.476. The fourth-order valence-corrected chi connectivity index (χ4v) is 1.53. The first-order valence-corrected chi connectivity index (χ1v) is 5.06. The van der Waals surface area contributed by atoms with E-state index >= 15 is 0 Å². The molecule has 0 aliphatic carbocycles. The van der Waals surface area contributed by atoms with Gasteiger partial charge in [0.1, 0.15) is 0 Å². The van der Waals surface area contributed by atoms with Crippen LogP contribution in [0.2, 0.25) is 0 Å². The first-order valence-electron chi connectivity index (χ1n) is 4.08. The standard InChI is InChI=1S/C8H14N2OS/c1-7(9-2)12-6-8(11)10-4-3-5-10/h3-6H2,1-2H3. The summed E-state index contributed by atoms with van der Waals surface area (Å²) in [6.45, 7) is 3.82. The lowest BCUT2D eigenvalue weighted by atomic mass is 10.2. The van der Waals surface area contributed by atoms with Gasteiger partial charge in [-0.25, -0.2) is 0 Å². The Morgan fingerprint density at radius 3 is 2.67 bits per heavy atom. The molecule has 0 radical (unpaired) electrons. The molecule has 1 saturated heterocycles. The van der Waals surface area contributed by atoms with Gasteiger partial charge in [0, 0.05) is 20.1 Å². The molecule has 1 fully saturated rings. The number of carbonyl (C=O) groups is 1. The molecule has 1 rings (SSSR count). The summed E-state index contributed by atoms with van der Waals surface area (Å²) in [5.74, 6) is 0.789.